The molecular formula is C15H18BNO2S. The van der Waals surface area contributed by atoms with Crippen LogP contribution in [0.25, 0.3) is 0 Å². The highest BCUT2D eigenvalue weighted by Gasteiger charge is 2.40. The number of fused-ring (bicyclic) bond motifs is 1. The van der Waals surface area contributed by atoms with Crippen molar-refractivity contribution in [3.63, 3.8) is 0 Å². The van der Waals surface area contributed by atoms with Crippen LogP contribution in [0.1, 0.15) is 24.3 Å². The van der Waals surface area contributed by atoms with E-state index in [2.05, 4.69) is 28.9 Å². The maximum atomic E-state index is 9.97. The van der Waals surface area contributed by atoms with Crippen LogP contribution < -0.4 is 10.8 Å². The first-order valence-electron chi connectivity index (χ1n) is 6.83. The monoisotopic (exact) mass is 287 g/mol. The van der Waals surface area contributed by atoms with Crippen LogP contribution >= 0.6 is 11.3 Å². The van der Waals surface area contributed by atoms with E-state index < -0.39 is 12.7 Å². The molecule has 1 aromatic heterocycles. The molecule has 5 heteroatoms. The van der Waals surface area contributed by atoms with Crippen LogP contribution in [-0.2, 0) is 16.7 Å². The second kappa shape index (κ2) is 5.24. The predicted octanol–water partition coefficient (Wildman–Crippen LogP) is 2.36. The molecule has 0 radical (unpaired) electrons. The number of thiophene rings is 1. The summed E-state index contributed by atoms with van der Waals surface area (Å²) in [5, 5.41) is 15.5. The van der Waals surface area contributed by atoms with Crippen molar-refractivity contribution in [3.05, 3.63) is 46.2 Å². The summed E-state index contributed by atoms with van der Waals surface area (Å²) in [5.74, 6) is 0. The van der Waals surface area contributed by atoms with Crippen LogP contribution in [0.3, 0.4) is 0 Å². The van der Waals surface area contributed by atoms with Crippen LogP contribution in [0.15, 0.2) is 35.7 Å². The Bertz CT molecular complexity index is 598. The number of benzene rings is 1. The molecule has 1 aromatic carbocycles. The Morgan fingerprint density at radius 2 is 2.20 bits per heavy atom. The molecule has 3 rings (SSSR count). The van der Waals surface area contributed by atoms with Crippen LogP contribution in [0.2, 0.25) is 0 Å². The molecule has 0 amide bonds. The zero-order valence-electron chi connectivity index (χ0n) is 11.7. The molecule has 2 aromatic rings. The van der Waals surface area contributed by atoms with Crippen molar-refractivity contribution < 1.29 is 9.68 Å². The molecule has 2 heterocycles. The maximum absolute atomic E-state index is 9.97. The van der Waals surface area contributed by atoms with Crippen LogP contribution in [0.5, 0.6) is 0 Å². The Labute approximate surface area is 123 Å². The molecule has 0 bridgehead atoms. The topological polar surface area (TPSA) is 41.5 Å². The van der Waals surface area contributed by atoms with Crippen molar-refractivity contribution >= 4 is 29.6 Å². The van der Waals surface area contributed by atoms with Crippen molar-refractivity contribution in [1.82, 2.24) is 0 Å². The highest BCUT2D eigenvalue weighted by Crippen LogP contribution is 2.30. The van der Waals surface area contributed by atoms with E-state index in [1.165, 1.54) is 4.88 Å². The minimum absolute atomic E-state index is 0.412. The molecule has 20 heavy (non-hydrogen) atoms. The Morgan fingerprint density at radius 3 is 2.95 bits per heavy atom. The van der Waals surface area contributed by atoms with Crippen molar-refractivity contribution in [1.29, 1.82) is 0 Å². The van der Waals surface area contributed by atoms with Gasteiger partial charge >= 0.3 is 7.12 Å². The summed E-state index contributed by atoms with van der Waals surface area (Å²) in [4.78, 5) is 1.38. The molecule has 0 saturated carbocycles. The van der Waals surface area contributed by atoms with E-state index in [0.717, 1.165) is 29.7 Å². The zero-order chi connectivity index (χ0) is 14.2. The molecule has 104 valence electrons. The number of hydrogen-bond acceptors (Lipinski definition) is 4. The van der Waals surface area contributed by atoms with Gasteiger partial charge in [0.1, 0.15) is 0 Å². The first-order chi connectivity index (χ1) is 9.56. The van der Waals surface area contributed by atoms with Gasteiger partial charge in [-0.15, -0.1) is 11.3 Å². The van der Waals surface area contributed by atoms with Crippen molar-refractivity contribution in [3.8, 4) is 0 Å². The highest BCUT2D eigenvalue weighted by molar-refractivity contribution is 7.09. The summed E-state index contributed by atoms with van der Waals surface area (Å²) in [5.41, 5.74) is 2.55. The van der Waals surface area contributed by atoms with E-state index in [4.69, 9.17) is 4.65 Å². The van der Waals surface area contributed by atoms with Crippen LogP contribution in [0, 0.1) is 0 Å². The molecule has 0 fully saturated rings. The van der Waals surface area contributed by atoms with Gasteiger partial charge in [0, 0.05) is 17.1 Å². The van der Waals surface area contributed by atoms with Gasteiger partial charge in [0.05, 0.1) is 5.60 Å². The zero-order valence-corrected chi connectivity index (χ0v) is 12.5. The van der Waals surface area contributed by atoms with E-state index in [1.54, 1.807) is 11.3 Å². The molecule has 0 saturated heterocycles. The maximum Gasteiger partial charge on any atom is 0.492 e. The summed E-state index contributed by atoms with van der Waals surface area (Å²) in [7, 11) is -0.820. The van der Waals surface area contributed by atoms with Gasteiger partial charge in [-0.1, -0.05) is 12.1 Å². The lowest BCUT2D eigenvalue weighted by Gasteiger charge is -2.19. The Kier molecular flexibility index (Phi) is 3.58. The Balaban J connectivity index is 1.69. The van der Waals surface area contributed by atoms with Gasteiger partial charge in [0.2, 0.25) is 0 Å². The van der Waals surface area contributed by atoms with Crippen molar-refractivity contribution in [2.24, 2.45) is 0 Å². The first-order valence-corrected chi connectivity index (χ1v) is 7.71. The average molecular weight is 287 g/mol. The van der Waals surface area contributed by atoms with E-state index in [-0.39, 0.29) is 0 Å². The smallest absolute Gasteiger partial charge is 0.423 e. The second-order valence-corrected chi connectivity index (χ2v) is 6.57. The SMILES string of the molecule is CC1(C)OB(O)c2cc(NCCc3cccs3)ccc21. The third-order valence-corrected chi connectivity index (χ3v) is 4.59. The normalized spacial score (nSPS) is 16.2. The minimum atomic E-state index is -0.820. The van der Waals surface area contributed by atoms with Gasteiger partial charge < -0.3 is 15.0 Å². The standard InChI is InChI=1S/C15H18BNO2S/c1-15(2)13-6-5-11(10-14(13)16(18)19-15)17-8-7-12-4-3-9-20-12/h3-6,9-10,17-18H,7-8H2,1-2H3. The summed E-state index contributed by atoms with van der Waals surface area (Å²) in [6.45, 7) is 4.84. The lowest BCUT2D eigenvalue weighted by Crippen LogP contribution is -2.28. The van der Waals surface area contributed by atoms with E-state index in [0.29, 0.717) is 0 Å². The lowest BCUT2D eigenvalue weighted by molar-refractivity contribution is 0.101. The highest BCUT2D eigenvalue weighted by atomic mass is 32.1. The first kappa shape index (κ1) is 13.7. The van der Waals surface area contributed by atoms with Crippen molar-refractivity contribution in [2.45, 2.75) is 25.9 Å². The van der Waals surface area contributed by atoms with Gasteiger partial charge in [-0.05, 0) is 54.9 Å². The van der Waals surface area contributed by atoms with Gasteiger partial charge in [-0.2, -0.15) is 0 Å². The quantitative estimate of drug-likeness (QED) is 0.848. The number of rotatable bonds is 4. The fourth-order valence-electron chi connectivity index (χ4n) is 2.62. The molecule has 0 spiro atoms. The number of anilines is 1. The van der Waals surface area contributed by atoms with Crippen molar-refractivity contribution in [2.75, 3.05) is 11.9 Å². The van der Waals surface area contributed by atoms with Crippen LogP contribution in [-0.4, -0.2) is 18.7 Å². The fraction of sp³-hybridized carbons (Fsp3) is 0.333. The van der Waals surface area contributed by atoms with Crippen LogP contribution in [0.4, 0.5) is 5.69 Å². The molecular weight excluding hydrogens is 269 g/mol. The summed E-state index contributed by atoms with van der Waals surface area (Å²) < 4.78 is 5.57. The van der Waals surface area contributed by atoms with E-state index in [9.17, 15) is 5.02 Å². The fourth-order valence-corrected chi connectivity index (χ4v) is 3.33. The number of hydrogen-bond donors (Lipinski definition) is 2. The van der Waals surface area contributed by atoms with Gasteiger partial charge in [0.15, 0.2) is 0 Å². The average Bonchev–Trinajstić information content (AvgIpc) is 2.97. The van der Waals surface area contributed by atoms with Gasteiger partial charge in [-0.25, -0.2) is 0 Å². The Morgan fingerprint density at radius 1 is 1.35 bits per heavy atom. The Hall–Kier alpha value is -1.30. The van der Waals surface area contributed by atoms with Gasteiger partial charge in [0.25, 0.3) is 0 Å². The minimum Gasteiger partial charge on any atom is -0.423 e. The molecule has 2 N–H and O–H groups in total. The third kappa shape index (κ3) is 2.61. The molecule has 1 aliphatic rings. The van der Waals surface area contributed by atoms with E-state index >= 15 is 0 Å². The second-order valence-electron chi connectivity index (χ2n) is 5.54. The summed E-state index contributed by atoms with van der Waals surface area (Å²) in [6, 6.07) is 10.3. The molecule has 0 unspecified atom stereocenters. The third-order valence-electron chi connectivity index (χ3n) is 3.65. The summed E-state index contributed by atoms with van der Waals surface area (Å²) >= 11 is 1.78. The van der Waals surface area contributed by atoms with Gasteiger partial charge in [-0.3, -0.25) is 0 Å². The molecule has 0 atom stereocenters. The van der Waals surface area contributed by atoms with E-state index in [1.807, 2.05) is 26.0 Å². The molecule has 3 nitrogen and oxygen atoms in total. The lowest BCUT2D eigenvalue weighted by atomic mass is 9.78. The molecule has 1 aliphatic heterocycles. The molecule has 0 aliphatic carbocycles. The predicted molar refractivity (Wildman–Crippen MR) is 84.7 cm³/mol. The largest absolute Gasteiger partial charge is 0.492 e. The number of nitrogens with one attached hydrogen (secondary N) is 1. The summed E-state index contributed by atoms with van der Waals surface area (Å²) in [6.07, 6.45) is 1.01.